The lowest BCUT2D eigenvalue weighted by atomic mass is 10.0. The van der Waals surface area contributed by atoms with Crippen molar-refractivity contribution in [1.29, 1.82) is 0 Å². The van der Waals surface area contributed by atoms with Gasteiger partial charge in [0.1, 0.15) is 0 Å². The zero-order valence-electron chi connectivity index (χ0n) is 13.2. The molecule has 4 amide bonds. The quantitative estimate of drug-likeness (QED) is 0.397. The zero-order chi connectivity index (χ0) is 17.1. The molecule has 0 spiro atoms. The van der Waals surface area contributed by atoms with Gasteiger partial charge >= 0.3 is 0 Å². The molecule has 0 saturated carbocycles. The van der Waals surface area contributed by atoms with Crippen LogP contribution in [0.1, 0.15) is 33.6 Å². The Morgan fingerprint density at radius 1 is 1.32 bits per heavy atom. The fraction of sp³-hybridized carbons (Fsp3) is 0.375. The number of imide groups is 2. The fourth-order valence-corrected chi connectivity index (χ4v) is 1.75. The number of carbonyl (C=O) groups excluding carboxylic acids is 4. The third kappa shape index (κ3) is 5.87. The summed E-state index contributed by atoms with van der Waals surface area (Å²) in [4.78, 5) is 46.2. The van der Waals surface area contributed by atoms with Crippen LogP contribution in [0, 0.1) is 0 Å². The average Bonchev–Trinajstić information content (AvgIpc) is 2.50. The number of nitrogens with one attached hydrogen (secondary N) is 1. The van der Waals surface area contributed by atoms with Gasteiger partial charge in [-0.15, -0.1) is 0 Å². The van der Waals surface area contributed by atoms with E-state index in [0.29, 0.717) is 18.4 Å². The van der Waals surface area contributed by atoms with Crippen molar-refractivity contribution < 1.29 is 19.2 Å². The highest BCUT2D eigenvalue weighted by Crippen LogP contribution is 2.16. The molecule has 1 unspecified atom stereocenters. The fourth-order valence-electron chi connectivity index (χ4n) is 1.75. The molecular formula is C16H22N2O4. The molecule has 1 N–H and O–H groups in total. The lowest BCUT2D eigenvalue weighted by Crippen LogP contribution is -2.39. The Hall–Kier alpha value is -2.50. The van der Waals surface area contributed by atoms with E-state index in [2.05, 4.69) is 6.58 Å². The van der Waals surface area contributed by atoms with Crippen molar-refractivity contribution in [3.63, 3.8) is 0 Å². The van der Waals surface area contributed by atoms with Crippen LogP contribution >= 0.6 is 0 Å². The van der Waals surface area contributed by atoms with Gasteiger partial charge in [-0.1, -0.05) is 18.7 Å². The van der Waals surface area contributed by atoms with Gasteiger partial charge in [-0.3, -0.25) is 29.4 Å². The van der Waals surface area contributed by atoms with Gasteiger partial charge in [0.05, 0.1) is 0 Å². The van der Waals surface area contributed by atoms with Crippen LogP contribution in [-0.2, 0) is 19.2 Å². The van der Waals surface area contributed by atoms with E-state index in [-0.39, 0.29) is 12.8 Å². The molecule has 120 valence electrons. The first kappa shape index (κ1) is 19.5. The maximum absolute atomic E-state index is 12.5. The molecule has 0 saturated heterocycles. The topological polar surface area (TPSA) is 83.6 Å². The van der Waals surface area contributed by atoms with E-state index in [0.717, 1.165) is 10.5 Å². The van der Waals surface area contributed by atoms with Gasteiger partial charge in [0.15, 0.2) is 0 Å². The second-order valence-electron chi connectivity index (χ2n) is 4.68. The second kappa shape index (κ2) is 10.3. The van der Waals surface area contributed by atoms with Crippen LogP contribution in [0.5, 0.6) is 0 Å². The Kier molecular flexibility index (Phi) is 9.09. The van der Waals surface area contributed by atoms with Crippen LogP contribution in [0.15, 0.2) is 36.0 Å². The highest BCUT2D eigenvalue weighted by Gasteiger charge is 2.23. The van der Waals surface area contributed by atoms with Gasteiger partial charge in [0.25, 0.3) is 5.91 Å². The van der Waals surface area contributed by atoms with Crippen LogP contribution in [0.3, 0.4) is 0 Å². The third-order valence-corrected chi connectivity index (χ3v) is 3.20. The van der Waals surface area contributed by atoms with E-state index >= 15 is 0 Å². The van der Waals surface area contributed by atoms with Crippen molar-refractivity contribution in [2.24, 2.45) is 0 Å². The second-order valence-corrected chi connectivity index (χ2v) is 4.68. The summed E-state index contributed by atoms with van der Waals surface area (Å²) in [6.07, 6.45) is 5.84. The molecule has 6 heteroatoms. The smallest absolute Gasteiger partial charge is 0.260 e. The molecule has 0 heterocycles. The number of hydrogen-bond acceptors (Lipinski definition) is 4. The molecule has 0 fully saturated rings. The molecule has 0 aromatic rings. The van der Waals surface area contributed by atoms with Crippen molar-refractivity contribution in [2.45, 2.75) is 39.7 Å². The van der Waals surface area contributed by atoms with E-state index in [4.69, 9.17) is 0 Å². The van der Waals surface area contributed by atoms with E-state index in [1.807, 2.05) is 5.32 Å². The molecule has 0 rings (SSSR count). The van der Waals surface area contributed by atoms with Gasteiger partial charge in [-0.2, -0.15) is 0 Å². The van der Waals surface area contributed by atoms with E-state index in [9.17, 15) is 19.2 Å². The summed E-state index contributed by atoms with van der Waals surface area (Å²) < 4.78 is 0. The first-order valence-corrected chi connectivity index (χ1v) is 6.89. The number of hydrogen-bond donors (Lipinski definition) is 1. The summed E-state index contributed by atoms with van der Waals surface area (Å²) in [7, 11) is 0. The summed E-state index contributed by atoms with van der Waals surface area (Å²) in [5.41, 5.74) is 1.09. The summed E-state index contributed by atoms with van der Waals surface area (Å²) >= 11 is 0. The van der Waals surface area contributed by atoms with Crippen molar-refractivity contribution in [3.8, 4) is 0 Å². The van der Waals surface area contributed by atoms with Crippen molar-refractivity contribution in [1.82, 2.24) is 10.2 Å². The molecule has 1 atom stereocenters. The number of nitrogens with zero attached hydrogens (tertiary/aromatic N) is 1. The van der Waals surface area contributed by atoms with E-state index in [1.54, 1.807) is 32.9 Å². The number of carbonyl (C=O) groups is 4. The maximum Gasteiger partial charge on any atom is 0.260 e. The van der Waals surface area contributed by atoms with Gasteiger partial charge in [-0.05, 0) is 38.8 Å². The minimum absolute atomic E-state index is 0.0423. The van der Waals surface area contributed by atoms with Gasteiger partial charge in [0.2, 0.25) is 18.7 Å². The van der Waals surface area contributed by atoms with Gasteiger partial charge in [0, 0.05) is 18.0 Å². The molecule has 0 aromatic heterocycles. The summed E-state index contributed by atoms with van der Waals surface area (Å²) in [6.45, 7) is 8.78. The molecular weight excluding hydrogens is 284 g/mol. The summed E-state index contributed by atoms with van der Waals surface area (Å²) in [6, 6.07) is -0.472. The Balaban J connectivity index is 5.07. The lowest BCUT2D eigenvalue weighted by molar-refractivity contribution is -0.138. The number of rotatable bonds is 9. The largest absolute Gasteiger partial charge is 0.299 e. The molecule has 0 aromatic carbocycles. The first-order chi connectivity index (χ1) is 10.4. The summed E-state index contributed by atoms with van der Waals surface area (Å²) in [5.74, 6) is -0.902. The van der Waals surface area contributed by atoms with Crippen molar-refractivity contribution in [3.05, 3.63) is 36.0 Å². The molecule has 0 radical (unpaired) electrons. The Morgan fingerprint density at radius 3 is 2.41 bits per heavy atom. The van der Waals surface area contributed by atoms with Crippen LogP contribution in [0.25, 0.3) is 0 Å². The van der Waals surface area contributed by atoms with Gasteiger partial charge in [-0.25, -0.2) is 0 Å². The minimum Gasteiger partial charge on any atom is -0.299 e. The molecule has 0 bridgehead atoms. The predicted octanol–water partition coefficient (Wildman–Crippen LogP) is 1.49. The van der Waals surface area contributed by atoms with Crippen LogP contribution in [0.2, 0.25) is 0 Å². The number of allylic oxidation sites excluding steroid dienone is 3. The first-order valence-electron chi connectivity index (χ1n) is 6.89. The average molecular weight is 306 g/mol. The Labute approximate surface area is 130 Å². The maximum atomic E-state index is 12.5. The SMILES string of the molecule is C=C/C=C(C(=O)N(C=O)C(C)CCC(=O)NC=O)\C(C)=C/C. The molecule has 0 aliphatic rings. The van der Waals surface area contributed by atoms with Gasteiger partial charge < -0.3 is 0 Å². The van der Waals surface area contributed by atoms with Crippen LogP contribution in [0.4, 0.5) is 0 Å². The minimum atomic E-state index is -0.472. The predicted molar refractivity (Wildman–Crippen MR) is 83.5 cm³/mol. The normalized spacial score (nSPS) is 13.0. The van der Waals surface area contributed by atoms with Crippen molar-refractivity contribution in [2.75, 3.05) is 0 Å². The molecule has 22 heavy (non-hydrogen) atoms. The van der Waals surface area contributed by atoms with E-state index in [1.165, 1.54) is 6.08 Å². The van der Waals surface area contributed by atoms with Crippen molar-refractivity contribution >= 4 is 24.6 Å². The zero-order valence-corrected chi connectivity index (χ0v) is 13.2. The standard InChI is InChI=1S/C16H22N2O4/c1-5-7-14(12(3)6-2)16(22)18(11-20)13(4)8-9-15(21)17-10-19/h5-7,10-11,13H,1,8-9H2,2-4H3,(H,17,19,21)/b12-6-,14-7+. The highest BCUT2D eigenvalue weighted by atomic mass is 16.2. The molecule has 0 aliphatic carbocycles. The summed E-state index contributed by atoms with van der Waals surface area (Å²) in [5, 5.41) is 2.01. The highest BCUT2D eigenvalue weighted by molar-refractivity contribution is 6.03. The lowest BCUT2D eigenvalue weighted by Gasteiger charge is -2.24. The number of amides is 4. The molecule has 6 nitrogen and oxygen atoms in total. The van der Waals surface area contributed by atoms with E-state index < -0.39 is 17.9 Å². The monoisotopic (exact) mass is 306 g/mol. The third-order valence-electron chi connectivity index (χ3n) is 3.20. The van der Waals surface area contributed by atoms with Crippen LogP contribution < -0.4 is 5.32 Å². The molecule has 0 aliphatic heterocycles. The Morgan fingerprint density at radius 2 is 1.95 bits per heavy atom. The Bertz CT molecular complexity index is 506. The van der Waals surface area contributed by atoms with Crippen LogP contribution in [-0.4, -0.2) is 35.6 Å².